The molecule has 1 unspecified atom stereocenters. The van der Waals surface area contributed by atoms with E-state index >= 15 is 0 Å². The Bertz CT molecular complexity index is 278. The Labute approximate surface area is 146 Å². The molecule has 1 saturated carbocycles. The number of carbonyl (C=O) groups excluding carboxylic acids is 1. The van der Waals surface area contributed by atoms with Gasteiger partial charge in [-0.3, -0.25) is 4.79 Å². The van der Waals surface area contributed by atoms with Crippen LogP contribution in [0.25, 0.3) is 0 Å². The molecule has 1 atom stereocenters. The molecule has 0 aromatic carbocycles. The summed E-state index contributed by atoms with van der Waals surface area (Å²) in [4.78, 5) is 12.3. The van der Waals surface area contributed by atoms with Gasteiger partial charge in [0, 0.05) is 11.8 Å². The van der Waals surface area contributed by atoms with Crippen LogP contribution in [0.3, 0.4) is 0 Å². The Hall–Kier alpha value is -0.330. The van der Waals surface area contributed by atoms with E-state index in [1.165, 1.54) is 103 Å². The fourth-order valence-corrected chi connectivity index (χ4v) is 4.05. The van der Waals surface area contributed by atoms with E-state index in [9.17, 15) is 4.79 Å². The van der Waals surface area contributed by atoms with Gasteiger partial charge in [-0.05, 0) is 19.3 Å². The van der Waals surface area contributed by atoms with Crippen LogP contribution in [0.2, 0.25) is 0 Å². The van der Waals surface area contributed by atoms with Gasteiger partial charge in [0.15, 0.2) is 0 Å². The second kappa shape index (κ2) is 14.1. The third kappa shape index (κ3) is 10.2. The molecular formula is C22H42O. The van der Waals surface area contributed by atoms with Crippen molar-refractivity contribution in [2.45, 2.75) is 123 Å². The van der Waals surface area contributed by atoms with E-state index in [4.69, 9.17) is 0 Å². The van der Waals surface area contributed by atoms with E-state index in [0.717, 1.165) is 6.42 Å². The van der Waals surface area contributed by atoms with Crippen LogP contribution in [0.1, 0.15) is 123 Å². The highest BCUT2D eigenvalue weighted by atomic mass is 16.1. The molecule has 1 aliphatic rings. The predicted molar refractivity (Wildman–Crippen MR) is 102 cm³/mol. The maximum atomic E-state index is 12.3. The molecule has 1 nitrogen and oxygen atoms in total. The Morgan fingerprint density at radius 2 is 1.22 bits per heavy atom. The molecule has 1 aliphatic carbocycles. The second-order valence-corrected chi connectivity index (χ2v) is 7.96. The minimum absolute atomic E-state index is 0.321. The fourth-order valence-electron chi connectivity index (χ4n) is 4.05. The van der Waals surface area contributed by atoms with Crippen LogP contribution in [0.4, 0.5) is 0 Å². The van der Waals surface area contributed by atoms with Crippen LogP contribution < -0.4 is 0 Å². The molecule has 0 aromatic rings. The highest BCUT2D eigenvalue weighted by Crippen LogP contribution is 2.29. The minimum Gasteiger partial charge on any atom is -0.299 e. The summed E-state index contributed by atoms with van der Waals surface area (Å²) in [5, 5.41) is 0. The molecule has 1 rings (SSSR count). The summed E-state index contributed by atoms with van der Waals surface area (Å²) in [6, 6.07) is 0. The van der Waals surface area contributed by atoms with Crippen molar-refractivity contribution in [3.63, 3.8) is 0 Å². The Balaban J connectivity index is 1.83. The van der Waals surface area contributed by atoms with E-state index in [1.54, 1.807) is 0 Å². The molecule has 136 valence electrons. The Morgan fingerprint density at radius 3 is 1.70 bits per heavy atom. The van der Waals surface area contributed by atoms with Crippen LogP contribution in [-0.2, 0) is 4.79 Å². The van der Waals surface area contributed by atoms with E-state index in [0.29, 0.717) is 17.6 Å². The zero-order valence-corrected chi connectivity index (χ0v) is 16.1. The molecule has 0 N–H and O–H groups in total. The number of hydrogen-bond donors (Lipinski definition) is 0. The molecule has 0 amide bonds. The molecule has 0 aliphatic heterocycles. The van der Waals surface area contributed by atoms with Crippen molar-refractivity contribution in [2.24, 2.45) is 11.8 Å². The number of hydrogen-bond acceptors (Lipinski definition) is 1. The number of Topliss-reactive ketones (excluding diaryl/α,β-unsaturated/α-hetero) is 1. The summed E-state index contributed by atoms with van der Waals surface area (Å²) in [6.07, 6.45) is 22.8. The summed E-state index contributed by atoms with van der Waals surface area (Å²) in [6.45, 7) is 4.45. The summed E-state index contributed by atoms with van der Waals surface area (Å²) in [7, 11) is 0. The first-order valence-corrected chi connectivity index (χ1v) is 10.8. The van der Waals surface area contributed by atoms with Gasteiger partial charge in [-0.2, -0.15) is 0 Å². The number of ketones is 1. The monoisotopic (exact) mass is 322 g/mol. The summed E-state index contributed by atoms with van der Waals surface area (Å²) in [5.74, 6) is 1.31. The second-order valence-electron chi connectivity index (χ2n) is 7.96. The quantitative estimate of drug-likeness (QED) is 0.286. The van der Waals surface area contributed by atoms with Crippen molar-refractivity contribution in [3.05, 3.63) is 0 Å². The molecule has 0 spiro atoms. The Morgan fingerprint density at radius 1 is 0.783 bits per heavy atom. The lowest BCUT2D eigenvalue weighted by molar-refractivity contribution is -0.126. The maximum Gasteiger partial charge on any atom is 0.138 e. The van der Waals surface area contributed by atoms with Crippen molar-refractivity contribution in [1.29, 1.82) is 0 Å². The predicted octanol–water partition coefficient (Wildman–Crippen LogP) is 7.47. The normalized spacial score (nSPS) is 16.8. The topological polar surface area (TPSA) is 17.1 Å². The highest BCUT2D eigenvalue weighted by Gasteiger charge is 2.26. The number of unbranched alkanes of at least 4 members (excludes halogenated alkanes) is 11. The van der Waals surface area contributed by atoms with Gasteiger partial charge in [-0.1, -0.05) is 104 Å². The molecule has 0 radical (unpaired) electrons. The van der Waals surface area contributed by atoms with Gasteiger partial charge in [-0.15, -0.1) is 0 Å². The first kappa shape index (κ1) is 20.7. The Kier molecular flexibility index (Phi) is 12.7. The fraction of sp³-hybridized carbons (Fsp3) is 0.955. The van der Waals surface area contributed by atoms with Crippen molar-refractivity contribution >= 4 is 5.78 Å². The molecule has 0 bridgehead atoms. The number of carbonyl (C=O) groups is 1. The standard InChI is InChI=1S/C22H42O/c1-3-4-5-6-7-8-9-10-11-12-13-14-17-20(2)22(23)21-18-15-16-19-21/h20-21H,3-19H2,1-2H3. The van der Waals surface area contributed by atoms with E-state index in [1.807, 2.05) is 0 Å². The van der Waals surface area contributed by atoms with Gasteiger partial charge in [0.25, 0.3) is 0 Å². The van der Waals surface area contributed by atoms with E-state index in [2.05, 4.69) is 13.8 Å². The lowest BCUT2D eigenvalue weighted by Crippen LogP contribution is -2.19. The van der Waals surface area contributed by atoms with Gasteiger partial charge >= 0.3 is 0 Å². The van der Waals surface area contributed by atoms with Crippen molar-refractivity contribution in [2.75, 3.05) is 0 Å². The SMILES string of the molecule is CCCCCCCCCCCCCCC(C)C(=O)C1CCCC1. The van der Waals surface area contributed by atoms with E-state index < -0.39 is 0 Å². The molecule has 1 fully saturated rings. The third-order valence-corrected chi connectivity index (χ3v) is 5.73. The van der Waals surface area contributed by atoms with Gasteiger partial charge in [0.1, 0.15) is 5.78 Å². The van der Waals surface area contributed by atoms with Crippen LogP contribution >= 0.6 is 0 Å². The first-order valence-electron chi connectivity index (χ1n) is 10.8. The molecule has 1 heteroatoms. The average Bonchev–Trinajstić information content (AvgIpc) is 3.09. The van der Waals surface area contributed by atoms with Crippen LogP contribution in [0.5, 0.6) is 0 Å². The minimum atomic E-state index is 0.321. The summed E-state index contributed by atoms with van der Waals surface area (Å²) < 4.78 is 0. The third-order valence-electron chi connectivity index (χ3n) is 5.73. The lowest BCUT2D eigenvalue weighted by Gasteiger charge is -2.14. The van der Waals surface area contributed by atoms with Crippen molar-refractivity contribution in [3.8, 4) is 0 Å². The van der Waals surface area contributed by atoms with E-state index in [-0.39, 0.29) is 0 Å². The van der Waals surface area contributed by atoms with Crippen LogP contribution in [0.15, 0.2) is 0 Å². The van der Waals surface area contributed by atoms with Gasteiger partial charge in [-0.25, -0.2) is 0 Å². The molecule has 0 saturated heterocycles. The number of rotatable bonds is 15. The largest absolute Gasteiger partial charge is 0.299 e. The summed E-state index contributed by atoms with van der Waals surface area (Å²) in [5.41, 5.74) is 0. The lowest BCUT2D eigenvalue weighted by atomic mass is 9.89. The molecule has 23 heavy (non-hydrogen) atoms. The van der Waals surface area contributed by atoms with Gasteiger partial charge in [0.05, 0.1) is 0 Å². The van der Waals surface area contributed by atoms with Crippen LogP contribution in [-0.4, -0.2) is 5.78 Å². The van der Waals surface area contributed by atoms with Crippen molar-refractivity contribution in [1.82, 2.24) is 0 Å². The van der Waals surface area contributed by atoms with Gasteiger partial charge < -0.3 is 0 Å². The summed E-state index contributed by atoms with van der Waals surface area (Å²) >= 11 is 0. The smallest absolute Gasteiger partial charge is 0.138 e. The van der Waals surface area contributed by atoms with Gasteiger partial charge in [0.2, 0.25) is 0 Å². The zero-order chi connectivity index (χ0) is 16.8. The first-order chi connectivity index (χ1) is 11.3. The zero-order valence-electron chi connectivity index (χ0n) is 16.1. The van der Waals surface area contributed by atoms with Crippen molar-refractivity contribution < 1.29 is 4.79 Å². The maximum absolute atomic E-state index is 12.3. The molecule has 0 aromatic heterocycles. The van der Waals surface area contributed by atoms with Crippen LogP contribution in [0, 0.1) is 11.8 Å². The average molecular weight is 323 g/mol. The highest BCUT2D eigenvalue weighted by molar-refractivity contribution is 5.83. The molecular weight excluding hydrogens is 280 g/mol. The molecule has 0 heterocycles.